The molecule has 1 aliphatic rings. The van der Waals surface area contributed by atoms with E-state index in [0.29, 0.717) is 11.3 Å². The number of rotatable bonds is 2. The van der Waals surface area contributed by atoms with Crippen LogP contribution in [-0.2, 0) is 9.53 Å². The van der Waals surface area contributed by atoms with E-state index in [1.165, 1.54) is 0 Å². The van der Waals surface area contributed by atoms with E-state index in [2.05, 4.69) is 18.5 Å². The number of hydrogen-bond donors (Lipinski definition) is 2. The maximum atomic E-state index is 11.5. The van der Waals surface area contributed by atoms with E-state index in [4.69, 9.17) is 4.74 Å². The molecular formula is C11H15NO3. The van der Waals surface area contributed by atoms with E-state index < -0.39 is 5.60 Å². The Labute approximate surface area is 88.9 Å². The summed E-state index contributed by atoms with van der Waals surface area (Å²) in [5.74, 6) is -0.193. The van der Waals surface area contributed by atoms with Crippen molar-refractivity contribution in [2.24, 2.45) is 0 Å². The standard InChI is InChI=1S/C11H15NO3/c1-6(2)9-8(7(3)13)12-10(14)11(4,5)15-9/h13H,1,3H2,2,4-5H3,(H,12,14). The molecule has 82 valence electrons. The maximum Gasteiger partial charge on any atom is 0.268 e. The molecule has 0 aromatic heterocycles. The fourth-order valence-electron chi connectivity index (χ4n) is 1.18. The molecular weight excluding hydrogens is 194 g/mol. The summed E-state index contributed by atoms with van der Waals surface area (Å²) in [6, 6.07) is 0. The number of aliphatic hydroxyl groups is 1. The summed E-state index contributed by atoms with van der Waals surface area (Å²) in [5.41, 5.74) is -0.159. The minimum absolute atomic E-state index is 0.187. The second-order valence-electron chi connectivity index (χ2n) is 4.00. The lowest BCUT2D eigenvalue weighted by atomic mass is 10.0. The van der Waals surface area contributed by atoms with Gasteiger partial charge < -0.3 is 15.2 Å². The normalized spacial score (nSPS) is 19.3. The van der Waals surface area contributed by atoms with E-state index in [9.17, 15) is 9.90 Å². The zero-order valence-electron chi connectivity index (χ0n) is 9.18. The number of aliphatic hydroxyl groups excluding tert-OH is 1. The van der Waals surface area contributed by atoms with Crippen LogP contribution >= 0.6 is 0 Å². The highest BCUT2D eigenvalue weighted by Gasteiger charge is 2.37. The Balaban J connectivity index is 3.23. The molecule has 0 radical (unpaired) electrons. The zero-order chi connectivity index (χ0) is 11.8. The third kappa shape index (κ3) is 2.03. The third-order valence-corrected chi connectivity index (χ3v) is 2.05. The van der Waals surface area contributed by atoms with Gasteiger partial charge in [-0.2, -0.15) is 0 Å². The van der Waals surface area contributed by atoms with Crippen molar-refractivity contribution < 1.29 is 14.6 Å². The van der Waals surface area contributed by atoms with Crippen LogP contribution in [0.2, 0.25) is 0 Å². The van der Waals surface area contributed by atoms with Gasteiger partial charge in [-0.1, -0.05) is 13.2 Å². The van der Waals surface area contributed by atoms with Crippen molar-refractivity contribution in [3.63, 3.8) is 0 Å². The molecule has 1 amide bonds. The quantitative estimate of drug-likeness (QED) is 0.681. The Morgan fingerprint density at radius 1 is 1.47 bits per heavy atom. The molecule has 4 nitrogen and oxygen atoms in total. The predicted octanol–water partition coefficient (Wildman–Crippen LogP) is 1.77. The minimum atomic E-state index is -0.965. The smallest absolute Gasteiger partial charge is 0.268 e. The summed E-state index contributed by atoms with van der Waals surface area (Å²) in [4.78, 5) is 11.5. The van der Waals surface area contributed by atoms with E-state index in [1.807, 2.05) is 0 Å². The lowest BCUT2D eigenvalue weighted by molar-refractivity contribution is -0.140. The summed E-state index contributed by atoms with van der Waals surface area (Å²) >= 11 is 0. The van der Waals surface area contributed by atoms with E-state index in [1.54, 1.807) is 20.8 Å². The Hall–Kier alpha value is -1.71. The minimum Gasteiger partial charge on any atom is -0.506 e. The summed E-state index contributed by atoms with van der Waals surface area (Å²) < 4.78 is 5.47. The number of nitrogens with one attached hydrogen (secondary N) is 1. The molecule has 0 saturated carbocycles. The average molecular weight is 209 g/mol. The van der Waals surface area contributed by atoms with Crippen LogP contribution in [0.25, 0.3) is 0 Å². The molecule has 0 bridgehead atoms. The predicted molar refractivity (Wildman–Crippen MR) is 56.9 cm³/mol. The van der Waals surface area contributed by atoms with Crippen molar-refractivity contribution in [2.75, 3.05) is 0 Å². The first-order valence-corrected chi connectivity index (χ1v) is 4.54. The first kappa shape index (κ1) is 11.4. The second kappa shape index (κ2) is 3.46. The summed E-state index contributed by atoms with van der Waals surface area (Å²) in [7, 11) is 0. The van der Waals surface area contributed by atoms with Gasteiger partial charge in [0.25, 0.3) is 5.91 Å². The SMILES string of the molecule is C=C(C)C1=C(C(=C)O)NC(=O)C(C)(C)O1. The summed E-state index contributed by atoms with van der Waals surface area (Å²) in [6.07, 6.45) is 0. The average Bonchev–Trinajstić information content (AvgIpc) is 2.08. The van der Waals surface area contributed by atoms with Crippen molar-refractivity contribution in [3.05, 3.63) is 35.9 Å². The van der Waals surface area contributed by atoms with Crippen LogP contribution in [-0.4, -0.2) is 16.6 Å². The Kier molecular flexibility index (Phi) is 2.62. The number of carbonyl (C=O) groups excluding carboxylic acids is 1. The third-order valence-electron chi connectivity index (χ3n) is 2.05. The molecule has 4 heteroatoms. The highest BCUT2D eigenvalue weighted by Crippen LogP contribution is 2.28. The monoisotopic (exact) mass is 209 g/mol. The Bertz CT molecular complexity index is 377. The van der Waals surface area contributed by atoms with Gasteiger partial charge in [-0.15, -0.1) is 0 Å². The molecule has 1 aliphatic heterocycles. The van der Waals surface area contributed by atoms with Crippen molar-refractivity contribution >= 4 is 5.91 Å². The molecule has 1 rings (SSSR count). The van der Waals surface area contributed by atoms with Crippen LogP contribution in [0.3, 0.4) is 0 Å². The lowest BCUT2D eigenvalue weighted by Gasteiger charge is -2.33. The zero-order valence-corrected chi connectivity index (χ0v) is 9.18. The van der Waals surface area contributed by atoms with Gasteiger partial charge in [0.15, 0.2) is 11.4 Å². The van der Waals surface area contributed by atoms with Gasteiger partial charge >= 0.3 is 0 Å². The van der Waals surface area contributed by atoms with Gasteiger partial charge in [0.1, 0.15) is 11.5 Å². The molecule has 0 spiro atoms. The van der Waals surface area contributed by atoms with Crippen LogP contribution in [0, 0.1) is 0 Å². The first-order chi connectivity index (χ1) is 6.75. The van der Waals surface area contributed by atoms with Gasteiger partial charge in [0.2, 0.25) is 0 Å². The van der Waals surface area contributed by atoms with Crippen LogP contribution in [0.4, 0.5) is 0 Å². The van der Waals surface area contributed by atoms with Crippen molar-refractivity contribution in [1.82, 2.24) is 5.32 Å². The van der Waals surface area contributed by atoms with Gasteiger partial charge in [-0.3, -0.25) is 4.79 Å². The first-order valence-electron chi connectivity index (χ1n) is 4.54. The molecule has 1 heterocycles. The molecule has 0 aromatic rings. The van der Waals surface area contributed by atoms with Crippen LogP contribution < -0.4 is 5.32 Å². The Morgan fingerprint density at radius 2 is 2.00 bits per heavy atom. The molecule has 0 unspecified atom stereocenters. The van der Waals surface area contributed by atoms with Gasteiger partial charge in [-0.05, 0) is 26.3 Å². The highest BCUT2D eigenvalue weighted by molar-refractivity contribution is 5.88. The topological polar surface area (TPSA) is 58.6 Å². The molecule has 0 atom stereocenters. The van der Waals surface area contributed by atoms with Gasteiger partial charge in [0.05, 0.1) is 0 Å². The second-order valence-corrected chi connectivity index (χ2v) is 4.00. The van der Waals surface area contributed by atoms with Crippen LogP contribution in [0.5, 0.6) is 0 Å². The number of hydrogen-bond acceptors (Lipinski definition) is 3. The number of ether oxygens (including phenoxy) is 1. The molecule has 2 N–H and O–H groups in total. The molecule has 0 fully saturated rings. The lowest BCUT2D eigenvalue weighted by Crippen LogP contribution is -2.48. The number of amides is 1. The fraction of sp³-hybridized carbons (Fsp3) is 0.364. The van der Waals surface area contributed by atoms with Gasteiger partial charge in [-0.25, -0.2) is 0 Å². The summed E-state index contributed by atoms with van der Waals surface area (Å²) in [6.45, 7) is 12.1. The maximum absolute atomic E-state index is 11.5. The van der Waals surface area contributed by atoms with Crippen LogP contribution in [0.1, 0.15) is 20.8 Å². The van der Waals surface area contributed by atoms with E-state index in [-0.39, 0.29) is 17.4 Å². The molecule has 0 aliphatic carbocycles. The van der Waals surface area contributed by atoms with Crippen LogP contribution in [0.15, 0.2) is 35.9 Å². The van der Waals surface area contributed by atoms with E-state index in [0.717, 1.165) is 0 Å². The Morgan fingerprint density at radius 3 is 2.40 bits per heavy atom. The van der Waals surface area contributed by atoms with Crippen molar-refractivity contribution in [2.45, 2.75) is 26.4 Å². The number of allylic oxidation sites excluding steroid dienone is 1. The van der Waals surface area contributed by atoms with E-state index >= 15 is 0 Å². The van der Waals surface area contributed by atoms with Gasteiger partial charge in [0, 0.05) is 0 Å². The molecule has 0 aromatic carbocycles. The molecule has 0 saturated heterocycles. The number of carbonyl (C=O) groups is 1. The fourth-order valence-corrected chi connectivity index (χ4v) is 1.18. The van der Waals surface area contributed by atoms with Crippen molar-refractivity contribution in [1.29, 1.82) is 0 Å². The highest BCUT2D eigenvalue weighted by atomic mass is 16.5. The summed E-state index contributed by atoms with van der Waals surface area (Å²) in [5, 5.41) is 11.8. The molecule has 15 heavy (non-hydrogen) atoms. The van der Waals surface area contributed by atoms with Crippen molar-refractivity contribution in [3.8, 4) is 0 Å². The largest absolute Gasteiger partial charge is 0.506 e.